The third-order valence-electron chi connectivity index (χ3n) is 2.97. The van der Waals surface area contributed by atoms with E-state index in [2.05, 4.69) is 10.9 Å². The van der Waals surface area contributed by atoms with Crippen LogP contribution in [0.2, 0.25) is 0 Å². The van der Waals surface area contributed by atoms with Crippen molar-refractivity contribution in [1.29, 1.82) is 0 Å². The Hall–Kier alpha value is -2.99. The average molecular weight is 275 g/mol. The number of hydrogen-bond donors (Lipinski definition) is 0. The summed E-state index contributed by atoms with van der Waals surface area (Å²) in [5.74, 6) is 3.08. The van der Waals surface area contributed by atoms with Gasteiger partial charge in [-0.1, -0.05) is 66.6 Å². The fourth-order valence-electron chi connectivity index (χ4n) is 2.04. The Kier molecular flexibility index (Phi) is 3.70. The largest absolute Gasteiger partial charge is 0.437 e. The van der Waals surface area contributed by atoms with Crippen molar-refractivity contribution >= 4 is 0 Å². The summed E-state index contributed by atoms with van der Waals surface area (Å²) < 4.78 is 11.0. The molecule has 0 aliphatic heterocycles. The molecule has 0 radical (unpaired) electrons. The minimum absolute atomic E-state index is 0.128. The first-order valence-electron chi connectivity index (χ1n) is 6.56. The molecule has 0 amide bonds. The Labute approximate surface area is 123 Å². The van der Waals surface area contributed by atoms with Gasteiger partial charge in [0.25, 0.3) is 0 Å². The molecule has 0 N–H and O–H groups in total. The zero-order valence-corrected chi connectivity index (χ0v) is 11.3. The second-order valence-corrected chi connectivity index (χ2v) is 4.38. The summed E-state index contributed by atoms with van der Waals surface area (Å²) in [5, 5.41) is 0. The molecule has 2 aromatic carbocycles. The van der Waals surface area contributed by atoms with Gasteiger partial charge in [0.05, 0.1) is 0 Å². The summed E-state index contributed by atoms with van der Waals surface area (Å²) >= 11 is 0. The molecular weight excluding hydrogens is 262 g/mol. The molecule has 1 heterocycles. The van der Waals surface area contributed by atoms with Gasteiger partial charge in [-0.2, -0.15) is 4.98 Å². The standard InChI is InChI=1S/C18H13NO2/c1-2-13-20-18-19-16(14-9-5-3-6-10-14)17(21-18)15-11-7-4-8-12-15/h1,3-12H,13H2. The normalized spacial score (nSPS) is 10.0. The maximum Gasteiger partial charge on any atom is 0.395 e. The number of aromatic nitrogens is 1. The van der Waals surface area contributed by atoms with Crippen molar-refractivity contribution in [2.24, 2.45) is 0 Å². The SMILES string of the molecule is C#CCOc1nc(-c2ccccc2)c(-c2ccccc2)o1. The highest BCUT2D eigenvalue weighted by molar-refractivity contribution is 5.77. The van der Waals surface area contributed by atoms with Crippen molar-refractivity contribution in [2.45, 2.75) is 0 Å². The predicted molar refractivity (Wildman–Crippen MR) is 81.7 cm³/mol. The van der Waals surface area contributed by atoms with Gasteiger partial charge in [-0.25, -0.2) is 0 Å². The summed E-state index contributed by atoms with van der Waals surface area (Å²) in [7, 11) is 0. The minimum atomic E-state index is 0.128. The van der Waals surface area contributed by atoms with Crippen molar-refractivity contribution in [3.05, 3.63) is 60.7 Å². The zero-order valence-electron chi connectivity index (χ0n) is 11.3. The van der Waals surface area contributed by atoms with Crippen LogP contribution in [0.25, 0.3) is 22.6 Å². The molecule has 3 aromatic rings. The summed E-state index contributed by atoms with van der Waals surface area (Å²) in [6.45, 7) is 0.128. The maximum absolute atomic E-state index is 5.73. The van der Waals surface area contributed by atoms with Crippen LogP contribution in [-0.2, 0) is 0 Å². The smallest absolute Gasteiger partial charge is 0.395 e. The van der Waals surface area contributed by atoms with E-state index in [4.69, 9.17) is 15.6 Å². The van der Waals surface area contributed by atoms with Gasteiger partial charge in [-0.3, -0.25) is 0 Å². The molecule has 0 saturated carbocycles. The van der Waals surface area contributed by atoms with E-state index in [0.717, 1.165) is 16.8 Å². The van der Waals surface area contributed by atoms with Crippen molar-refractivity contribution in [2.75, 3.05) is 6.61 Å². The number of terminal acetylenes is 1. The highest BCUT2D eigenvalue weighted by Crippen LogP contribution is 2.34. The van der Waals surface area contributed by atoms with Gasteiger partial charge in [0.15, 0.2) is 12.4 Å². The first-order chi connectivity index (χ1) is 10.4. The Morgan fingerprint density at radius 3 is 2.19 bits per heavy atom. The molecule has 0 spiro atoms. The molecule has 0 aliphatic rings. The summed E-state index contributed by atoms with van der Waals surface area (Å²) in [4.78, 5) is 4.41. The lowest BCUT2D eigenvalue weighted by Gasteiger charge is -2.00. The van der Waals surface area contributed by atoms with Crippen LogP contribution >= 0.6 is 0 Å². The van der Waals surface area contributed by atoms with Gasteiger partial charge >= 0.3 is 6.08 Å². The van der Waals surface area contributed by atoms with E-state index < -0.39 is 0 Å². The molecule has 0 saturated heterocycles. The molecule has 21 heavy (non-hydrogen) atoms. The van der Waals surface area contributed by atoms with Crippen LogP contribution in [0.4, 0.5) is 0 Å². The number of nitrogens with zero attached hydrogens (tertiary/aromatic N) is 1. The highest BCUT2D eigenvalue weighted by Gasteiger charge is 2.17. The summed E-state index contributed by atoms with van der Waals surface area (Å²) in [6, 6.07) is 19.6. The van der Waals surface area contributed by atoms with Crippen LogP contribution in [0, 0.1) is 12.3 Å². The van der Waals surface area contributed by atoms with Gasteiger partial charge in [-0.05, 0) is 0 Å². The van der Waals surface area contributed by atoms with Gasteiger partial charge in [0.2, 0.25) is 0 Å². The number of hydrogen-bond acceptors (Lipinski definition) is 3. The van der Waals surface area contributed by atoms with E-state index in [9.17, 15) is 0 Å². The molecule has 3 nitrogen and oxygen atoms in total. The third-order valence-corrected chi connectivity index (χ3v) is 2.97. The number of benzene rings is 2. The number of ether oxygens (including phenoxy) is 1. The first kappa shape index (κ1) is 13.0. The van der Waals surface area contributed by atoms with E-state index >= 15 is 0 Å². The van der Waals surface area contributed by atoms with Crippen molar-refractivity contribution in [1.82, 2.24) is 4.98 Å². The lowest BCUT2D eigenvalue weighted by atomic mass is 10.1. The van der Waals surface area contributed by atoms with E-state index in [1.807, 2.05) is 60.7 Å². The Bertz CT molecular complexity index is 698. The molecule has 3 rings (SSSR count). The molecule has 0 unspecified atom stereocenters. The molecule has 0 fully saturated rings. The third kappa shape index (κ3) is 2.80. The van der Waals surface area contributed by atoms with Crippen LogP contribution in [0.1, 0.15) is 0 Å². The average Bonchev–Trinajstić information content (AvgIpc) is 2.99. The molecule has 0 aliphatic carbocycles. The second-order valence-electron chi connectivity index (χ2n) is 4.38. The van der Waals surface area contributed by atoms with Crippen LogP contribution in [0.5, 0.6) is 6.08 Å². The van der Waals surface area contributed by atoms with Gasteiger partial charge < -0.3 is 9.15 Å². The minimum Gasteiger partial charge on any atom is -0.437 e. The van der Waals surface area contributed by atoms with Crippen LogP contribution < -0.4 is 4.74 Å². The van der Waals surface area contributed by atoms with Crippen LogP contribution in [0.15, 0.2) is 65.1 Å². The lowest BCUT2D eigenvalue weighted by molar-refractivity contribution is 0.266. The Morgan fingerprint density at radius 1 is 0.952 bits per heavy atom. The van der Waals surface area contributed by atoms with Crippen molar-refractivity contribution < 1.29 is 9.15 Å². The predicted octanol–water partition coefficient (Wildman–Crippen LogP) is 4.02. The van der Waals surface area contributed by atoms with Gasteiger partial charge in [0.1, 0.15) is 5.69 Å². The molecule has 0 bridgehead atoms. The Morgan fingerprint density at radius 2 is 1.57 bits per heavy atom. The summed E-state index contributed by atoms with van der Waals surface area (Å²) in [6.07, 6.45) is 5.38. The first-order valence-corrected chi connectivity index (χ1v) is 6.56. The second kappa shape index (κ2) is 5.98. The fourth-order valence-corrected chi connectivity index (χ4v) is 2.04. The van der Waals surface area contributed by atoms with Gasteiger partial charge in [-0.15, -0.1) is 6.42 Å². The van der Waals surface area contributed by atoms with Crippen LogP contribution in [0.3, 0.4) is 0 Å². The molecule has 102 valence electrons. The number of rotatable bonds is 4. The van der Waals surface area contributed by atoms with E-state index in [-0.39, 0.29) is 12.7 Å². The Balaban J connectivity index is 2.09. The fraction of sp³-hybridized carbons (Fsp3) is 0.0556. The monoisotopic (exact) mass is 275 g/mol. The van der Waals surface area contributed by atoms with E-state index in [0.29, 0.717) is 5.76 Å². The zero-order chi connectivity index (χ0) is 14.5. The summed E-state index contributed by atoms with van der Waals surface area (Å²) in [5.41, 5.74) is 2.66. The molecule has 0 atom stereocenters. The molecular formula is C18H13NO2. The molecule has 1 aromatic heterocycles. The van der Waals surface area contributed by atoms with Gasteiger partial charge in [0, 0.05) is 11.1 Å². The van der Waals surface area contributed by atoms with E-state index in [1.54, 1.807) is 0 Å². The van der Waals surface area contributed by atoms with Crippen molar-refractivity contribution in [3.8, 4) is 41.0 Å². The highest BCUT2D eigenvalue weighted by atomic mass is 16.6. The topological polar surface area (TPSA) is 35.3 Å². The van der Waals surface area contributed by atoms with Crippen LogP contribution in [-0.4, -0.2) is 11.6 Å². The quantitative estimate of drug-likeness (QED) is 0.674. The maximum atomic E-state index is 5.73. The number of oxazole rings is 1. The van der Waals surface area contributed by atoms with E-state index in [1.165, 1.54) is 0 Å². The molecule has 3 heteroatoms. The lowest BCUT2D eigenvalue weighted by Crippen LogP contribution is -1.92. The van der Waals surface area contributed by atoms with Crippen molar-refractivity contribution in [3.63, 3.8) is 0 Å².